The van der Waals surface area contributed by atoms with Crippen LogP contribution in [0.4, 0.5) is 11.4 Å². The van der Waals surface area contributed by atoms with E-state index < -0.39 is 4.92 Å². The molecule has 116 valence electrons. The lowest BCUT2D eigenvalue weighted by molar-refractivity contribution is -0.383. The number of carbonyl (C=O) groups is 1. The van der Waals surface area contributed by atoms with Crippen molar-refractivity contribution in [2.75, 3.05) is 31.6 Å². The summed E-state index contributed by atoms with van der Waals surface area (Å²) in [7, 11) is 0. The highest BCUT2D eigenvalue weighted by Crippen LogP contribution is 2.22. The fourth-order valence-electron chi connectivity index (χ4n) is 1.92. The van der Waals surface area contributed by atoms with Crippen molar-refractivity contribution in [3.63, 3.8) is 0 Å². The van der Waals surface area contributed by atoms with Gasteiger partial charge < -0.3 is 10.4 Å². The Kier molecular flexibility index (Phi) is 7.34. The third kappa shape index (κ3) is 5.88. The van der Waals surface area contributed by atoms with Crippen molar-refractivity contribution in [1.82, 2.24) is 4.90 Å². The summed E-state index contributed by atoms with van der Waals surface area (Å²) in [5.74, 6) is -0.325. The largest absolute Gasteiger partial charge is 0.395 e. The normalized spacial score (nSPS) is 10.6. The minimum absolute atomic E-state index is 0.0253. The first-order chi connectivity index (χ1) is 10.1. The van der Waals surface area contributed by atoms with Crippen molar-refractivity contribution >= 4 is 17.3 Å². The van der Waals surface area contributed by atoms with Gasteiger partial charge in [0.15, 0.2) is 0 Å². The van der Waals surface area contributed by atoms with E-state index in [1.165, 1.54) is 12.1 Å². The third-order valence-corrected chi connectivity index (χ3v) is 2.99. The van der Waals surface area contributed by atoms with E-state index in [1.807, 2.05) is 11.8 Å². The second kappa shape index (κ2) is 9.04. The molecule has 1 amide bonds. The number of nitro benzene ring substituents is 1. The number of aliphatic hydroxyl groups excluding tert-OH is 1. The Morgan fingerprint density at radius 2 is 2.10 bits per heavy atom. The van der Waals surface area contributed by atoms with Crippen LogP contribution in [-0.4, -0.2) is 47.1 Å². The summed E-state index contributed by atoms with van der Waals surface area (Å²) >= 11 is 0. The van der Waals surface area contributed by atoms with E-state index in [4.69, 9.17) is 5.11 Å². The lowest BCUT2D eigenvalue weighted by Crippen LogP contribution is -2.36. The number of para-hydroxylation sites is 2. The average Bonchev–Trinajstić information content (AvgIpc) is 2.45. The standard InChI is InChI=1S/C14H21N3O4/c1-2-3-8-16(9-10-18)11-14(19)15-12-6-4-5-7-13(12)17(20)21/h4-7,18H,2-3,8-11H2,1H3,(H,15,19). The van der Waals surface area contributed by atoms with Crippen molar-refractivity contribution in [1.29, 1.82) is 0 Å². The van der Waals surface area contributed by atoms with E-state index in [1.54, 1.807) is 12.1 Å². The molecule has 21 heavy (non-hydrogen) atoms. The van der Waals surface area contributed by atoms with Crippen LogP contribution < -0.4 is 5.32 Å². The second-order valence-electron chi connectivity index (χ2n) is 4.68. The molecule has 7 heteroatoms. The van der Waals surface area contributed by atoms with Crippen LogP contribution in [0.15, 0.2) is 24.3 Å². The molecule has 0 aliphatic rings. The van der Waals surface area contributed by atoms with E-state index in [9.17, 15) is 14.9 Å². The van der Waals surface area contributed by atoms with Crippen molar-refractivity contribution in [3.8, 4) is 0 Å². The first-order valence-electron chi connectivity index (χ1n) is 6.95. The highest BCUT2D eigenvalue weighted by atomic mass is 16.6. The number of benzene rings is 1. The van der Waals surface area contributed by atoms with Gasteiger partial charge in [0.2, 0.25) is 5.91 Å². The monoisotopic (exact) mass is 295 g/mol. The van der Waals surface area contributed by atoms with Crippen molar-refractivity contribution in [2.45, 2.75) is 19.8 Å². The number of aliphatic hydroxyl groups is 1. The van der Waals surface area contributed by atoms with Crippen molar-refractivity contribution in [2.24, 2.45) is 0 Å². The van der Waals surface area contributed by atoms with Crippen molar-refractivity contribution in [3.05, 3.63) is 34.4 Å². The fraction of sp³-hybridized carbons (Fsp3) is 0.500. The first-order valence-corrected chi connectivity index (χ1v) is 6.95. The number of hydrogen-bond donors (Lipinski definition) is 2. The maximum absolute atomic E-state index is 12.0. The molecule has 0 atom stereocenters. The lowest BCUT2D eigenvalue weighted by Gasteiger charge is -2.20. The van der Waals surface area contributed by atoms with E-state index in [-0.39, 0.29) is 30.4 Å². The summed E-state index contributed by atoms with van der Waals surface area (Å²) in [6, 6.07) is 6.02. The first kappa shape index (κ1) is 17.1. The molecule has 0 heterocycles. The molecule has 0 unspecified atom stereocenters. The molecule has 0 radical (unpaired) electrons. The Balaban J connectivity index is 2.65. The Labute approximate surface area is 123 Å². The SMILES string of the molecule is CCCCN(CCO)CC(=O)Nc1ccccc1[N+](=O)[O-]. The van der Waals surface area contributed by atoms with Gasteiger partial charge in [-0.3, -0.25) is 19.8 Å². The Morgan fingerprint density at radius 1 is 1.38 bits per heavy atom. The molecule has 0 aliphatic carbocycles. The van der Waals surface area contributed by atoms with Gasteiger partial charge in [0, 0.05) is 12.6 Å². The van der Waals surface area contributed by atoms with Gasteiger partial charge in [0.1, 0.15) is 5.69 Å². The number of amides is 1. The molecule has 2 N–H and O–H groups in total. The summed E-state index contributed by atoms with van der Waals surface area (Å²) in [4.78, 5) is 24.2. The highest BCUT2D eigenvalue weighted by Gasteiger charge is 2.16. The minimum atomic E-state index is -0.530. The molecule has 1 aromatic rings. The maximum atomic E-state index is 12.0. The number of anilines is 1. The molecule has 0 aliphatic heterocycles. The topological polar surface area (TPSA) is 95.7 Å². The number of nitrogens with zero attached hydrogens (tertiary/aromatic N) is 2. The van der Waals surface area contributed by atoms with Crippen LogP contribution in [0.25, 0.3) is 0 Å². The molecule has 0 bridgehead atoms. The average molecular weight is 295 g/mol. The molecule has 0 aromatic heterocycles. The van der Waals surface area contributed by atoms with Crippen LogP contribution in [0.1, 0.15) is 19.8 Å². The maximum Gasteiger partial charge on any atom is 0.292 e. The minimum Gasteiger partial charge on any atom is -0.395 e. The zero-order valence-corrected chi connectivity index (χ0v) is 12.1. The van der Waals surface area contributed by atoms with E-state index in [0.717, 1.165) is 12.8 Å². The molecule has 7 nitrogen and oxygen atoms in total. The summed E-state index contributed by atoms with van der Waals surface area (Å²) in [6.45, 7) is 3.24. The predicted octanol–water partition coefficient (Wildman–Crippen LogP) is 1.63. The van der Waals surface area contributed by atoms with Crippen LogP contribution in [0.2, 0.25) is 0 Å². The van der Waals surface area contributed by atoms with E-state index in [2.05, 4.69) is 5.32 Å². The highest BCUT2D eigenvalue weighted by molar-refractivity contribution is 5.94. The molecule has 0 saturated carbocycles. The molecule has 1 rings (SSSR count). The van der Waals surface area contributed by atoms with Gasteiger partial charge in [-0.15, -0.1) is 0 Å². The van der Waals surface area contributed by atoms with Gasteiger partial charge in [-0.2, -0.15) is 0 Å². The molecule has 0 fully saturated rings. The number of nitrogens with one attached hydrogen (secondary N) is 1. The number of nitro groups is 1. The van der Waals surface area contributed by atoms with Gasteiger partial charge in [-0.25, -0.2) is 0 Å². The summed E-state index contributed by atoms with van der Waals surface area (Å²) < 4.78 is 0. The summed E-state index contributed by atoms with van der Waals surface area (Å²) in [6.07, 6.45) is 1.92. The van der Waals surface area contributed by atoms with Crippen LogP contribution >= 0.6 is 0 Å². The summed E-state index contributed by atoms with van der Waals surface area (Å²) in [5.41, 5.74) is 0.0556. The fourth-order valence-corrected chi connectivity index (χ4v) is 1.92. The quantitative estimate of drug-likeness (QED) is 0.533. The number of hydrogen-bond acceptors (Lipinski definition) is 5. The van der Waals surface area contributed by atoms with Gasteiger partial charge in [0.05, 0.1) is 18.1 Å². The number of rotatable bonds is 9. The van der Waals surface area contributed by atoms with Gasteiger partial charge in [-0.05, 0) is 19.0 Å². The van der Waals surface area contributed by atoms with Crippen LogP contribution in [-0.2, 0) is 4.79 Å². The summed E-state index contributed by atoms with van der Waals surface area (Å²) in [5, 5.41) is 22.4. The van der Waals surface area contributed by atoms with Gasteiger partial charge in [0.25, 0.3) is 5.69 Å². The zero-order valence-electron chi connectivity index (χ0n) is 12.1. The molecule has 1 aromatic carbocycles. The molecular weight excluding hydrogens is 274 g/mol. The third-order valence-electron chi connectivity index (χ3n) is 2.99. The molecule has 0 saturated heterocycles. The van der Waals surface area contributed by atoms with Crippen molar-refractivity contribution < 1.29 is 14.8 Å². The Hall–Kier alpha value is -1.99. The van der Waals surface area contributed by atoms with Gasteiger partial charge >= 0.3 is 0 Å². The molecular formula is C14H21N3O4. The number of unbranched alkanes of at least 4 members (excludes halogenated alkanes) is 1. The van der Waals surface area contributed by atoms with E-state index >= 15 is 0 Å². The van der Waals surface area contributed by atoms with E-state index in [0.29, 0.717) is 13.1 Å². The zero-order chi connectivity index (χ0) is 15.7. The van der Waals surface area contributed by atoms with Gasteiger partial charge in [-0.1, -0.05) is 25.5 Å². The van der Waals surface area contributed by atoms with Crippen LogP contribution in [0.5, 0.6) is 0 Å². The molecule has 0 spiro atoms. The smallest absolute Gasteiger partial charge is 0.292 e. The Bertz CT molecular complexity index is 479. The predicted molar refractivity (Wildman–Crippen MR) is 80.2 cm³/mol. The Morgan fingerprint density at radius 3 is 2.71 bits per heavy atom. The van der Waals surface area contributed by atoms with Crippen LogP contribution in [0.3, 0.4) is 0 Å². The lowest BCUT2D eigenvalue weighted by atomic mass is 10.2. The number of carbonyl (C=O) groups excluding carboxylic acids is 1. The second-order valence-corrected chi connectivity index (χ2v) is 4.68. The van der Waals surface area contributed by atoms with Crippen LogP contribution in [0, 0.1) is 10.1 Å².